The minimum Gasteiger partial charge on any atom is -0.398 e. The van der Waals surface area contributed by atoms with Gasteiger partial charge in [-0.15, -0.1) is 5.10 Å². The van der Waals surface area contributed by atoms with Crippen LogP contribution in [0.4, 0.5) is 5.69 Å². The van der Waals surface area contributed by atoms with Gasteiger partial charge in [-0.2, -0.15) is 0 Å². The molecule has 0 saturated carbocycles. The van der Waals surface area contributed by atoms with E-state index >= 15 is 0 Å². The highest BCUT2D eigenvalue weighted by molar-refractivity contribution is 5.72. The van der Waals surface area contributed by atoms with Crippen LogP contribution in [0.3, 0.4) is 0 Å². The number of aryl methyl sites for hydroxylation is 1. The van der Waals surface area contributed by atoms with Crippen molar-refractivity contribution in [2.24, 2.45) is 5.92 Å². The van der Waals surface area contributed by atoms with Gasteiger partial charge in [-0.1, -0.05) is 32.4 Å². The fourth-order valence-electron chi connectivity index (χ4n) is 2.38. The van der Waals surface area contributed by atoms with Crippen LogP contribution in [-0.4, -0.2) is 20.2 Å². The Labute approximate surface area is 113 Å². The SMILES string of the molecule is CCC(C(C)C)n1nnnc1-c1cc(C)ccc1N. The van der Waals surface area contributed by atoms with E-state index in [1.165, 1.54) is 0 Å². The van der Waals surface area contributed by atoms with Gasteiger partial charge in [0.05, 0.1) is 6.04 Å². The van der Waals surface area contributed by atoms with Gasteiger partial charge in [0.25, 0.3) is 0 Å². The van der Waals surface area contributed by atoms with Crippen LogP contribution in [0.15, 0.2) is 18.2 Å². The molecule has 1 unspecified atom stereocenters. The number of nitrogens with two attached hydrogens (primary N) is 1. The van der Waals surface area contributed by atoms with Crippen LogP contribution in [-0.2, 0) is 0 Å². The Bertz CT molecular complexity index is 559. The summed E-state index contributed by atoms with van der Waals surface area (Å²) in [5.74, 6) is 1.22. The highest BCUT2D eigenvalue weighted by Gasteiger charge is 2.21. The van der Waals surface area contributed by atoms with Gasteiger partial charge in [0.15, 0.2) is 5.82 Å². The van der Waals surface area contributed by atoms with Crippen molar-refractivity contribution in [3.8, 4) is 11.4 Å². The molecule has 0 bridgehead atoms. The third kappa shape index (κ3) is 2.59. The predicted molar refractivity (Wildman–Crippen MR) is 76.6 cm³/mol. The van der Waals surface area contributed by atoms with E-state index in [0.29, 0.717) is 11.6 Å². The molecule has 0 fully saturated rings. The lowest BCUT2D eigenvalue weighted by atomic mass is 10.0. The van der Waals surface area contributed by atoms with Crippen LogP contribution in [0.2, 0.25) is 0 Å². The number of rotatable bonds is 4. The Kier molecular flexibility index (Phi) is 3.83. The first-order valence-electron chi connectivity index (χ1n) is 6.69. The minimum absolute atomic E-state index is 0.282. The van der Waals surface area contributed by atoms with Gasteiger partial charge in [0.2, 0.25) is 0 Å². The molecule has 0 aliphatic carbocycles. The summed E-state index contributed by atoms with van der Waals surface area (Å²) in [7, 11) is 0. The maximum Gasteiger partial charge on any atom is 0.184 e. The molecule has 2 N–H and O–H groups in total. The van der Waals surface area contributed by atoms with Crippen molar-refractivity contribution in [1.29, 1.82) is 0 Å². The first-order valence-corrected chi connectivity index (χ1v) is 6.69. The lowest BCUT2D eigenvalue weighted by Gasteiger charge is -2.20. The number of tetrazole rings is 1. The van der Waals surface area contributed by atoms with Gasteiger partial charge >= 0.3 is 0 Å². The Morgan fingerprint density at radius 3 is 2.68 bits per heavy atom. The molecular weight excluding hydrogens is 238 g/mol. The first kappa shape index (κ1) is 13.5. The average molecular weight is 259 g/mol. The maximum atomic E-state index is 6.06. The molecule has 1 atom stereocenters. The number of hydrogen-bond acceptors (Lipinski definition) is 4. The van der Waals surface area contributed by atoms with Crippen molar-refractivity contribution in [3.05, 3.63) is 23.8 Å². The van der Waals surface area contributed by atoms with Crippen molar-refractivity contribution in [2.45, 2.75) is 40.2 Å². The number of anilines is 1. The van der Waals surface area contributed by atoms with Crippen LogP contribution in [0.5, 0.6) is 0 Å². The second-order valence-electron chi connectivity index (χ2n) is 5.26. The fourth-order valence-corrected chi connectivity index (χ4v) is 2.38. The van der Waals surface area contributed by atoms with Gasteiger partial charge in [-0.05, 0) is 41.8 Å². The minimum atomic E-state index is 0.282. The van der Waals surface area contributed by atoms with Crippen molar-refractivity contribution in [2.75, 3.05) is 5.73 Å². The molecule has 1 aromatic carbocycles. The Balaban J connectivity index is 2.52. The van der Waals surface area contributed by atoms with E-state index in [4.69, 9.17) is 5.73 Å². The molecule has 0 aliphatic heterocycles. The first-order chi connectivity index (χ1) is 9.04. The number of aromatic nitrogens is 4. The molecule has 2 aromatic rings. The summed E-state index contributed by atoms with van der Waals surface area (Å²) >= 11 is 0. The third-order valence-corrected chi connectivity index (χ3v) is 3.44. The number of nitrogens with zero attached hydrogens (tertiary/aromatic N) is 4. The smallest absolute Gasteiger partial charge is 0.184 e. The highest BCUT2D eigenvalue weighted by Crippen LogP contribution is 2.29. The molecule has 0 amide bonds. The Morgan fingerprint density at radius 2 is 2.05 bits per heavy atom. The van der Waals surface area contributed by atoms with Crippen LogP contribution >= 0.6 is 0 Å². The molecule has 0 aliphatic rings. The summed E-state index contributed by atoms with van der Waals surface area (Å²) in [5, 5.41) is 12.1. The van der Waals surface area contributed by atoms with Crippen LogP contribution in [0.1, 0.15) is 38.8 Å². The van der Waals surface area contributed by atoms with Gasteiger partial charge in [0, 0.05) is 11.3 Å². The molecule has 19 heavy (non-hydrogen) atoms. The second kappa shape index (κ2) is 5.38. The van der Waals surface area contributed by atoms with Gasteiger partial charge in [-0.25, -0.2) is 4.68 Å². The molecule has 1 heterocycles. The predicted octanol–water partition coefficient (Wildman–Crippen LogP) is 2.84. The second-order valence-corrected chi connectivity index (χ2v) is 5.26. The van der Waals surface area contributed by atoms with Crippen molar-refractivity contribution in [3.63, 3.8) is 0 Å². The fraction of sp³-hybridized carbons (Fsp3) is 0.500. The zero-order valence-corrected chi connectivity index (χ0v) is 12.0. The van der Waals surface area contributed by atoms with E-state index < -0.39 is 0 Å². The molecule has 1 aromatic heterocycles. The van der Waals surface area contributed by atoms with Crippen molar-refractivity contribution < 1.29 is 0 Å². The monoisotopic (exact) mass is 259 g/mol. The van der Waals surface area contributed by atoms with E-state index in [2.05, 4.69) is 36.3 Å². The number of hydrogen-bond donors (Lipinski definition) is 1. The molecule has 2 rings (SSSR count). The number of nitrogen functional groups attached to an aromatic ring is 1. The van der Waals surface area contributed by atoms with Crippen LogP contribution < -0.4 is 5.73 Å². The summed E-state index contributed by atoms with van der Waals surface area (Å²) in [6.45, 7) is 8.55. The molecule has 5 nitrogen and oxygen atoms in total. The highest BCUT2D eigenvalue weighted by atomic mass is 15.5. The molecular formula is C14H21N5. The zero-order valence-electron chi connectivity index (χ0n) is 12.0. The van der Waals surface area contributed by atoms with Gasteiger partial charge in [0.1, 0.15) is 0 Å². The Hall–Kier alpha value is -1.91. The summed E-state index contributed by atoms with van der Waals surface area (Å²) in [6, 6.07) is 6.21. The zero-order chi connectivity index (χ0) is 14.0. The Morgan fingerprint density at radius 1 is 1.32 bits per heavy atom. The van der Waals surface area contributed by atoms with E-state index in [1.54, 1.807) is 0 Å². The summed E-state index contributed by atoms with van der Waals surface area (Å²) in [5.41, 5.74) is 8.82. The quantitative estimate of drug-likeness (QED) is 0.857. The average Bonchev–Trinajstić information content (AvgIpc) is 2.81. The number of benzene rings is 1. The normalized spacial score (nSPS) is 12.9. The standard InChI is InChI=1S/C14H21N5/c1-5-13(9(2)3)19-14(16-17-18-19)11-8-10(4)6-7-12(11)15/h6-9,13H,5,15H2,1-4H3. The summed E-state index contributed by atoms with van der Waals surface area (Å²) < 4.78 is 1.90. The molecule has 0 spiro atoms. The van der Waals surface area contributed by atoms with Crippen molar-refractivity contribution in [1.82, 2.24) is 20.2 Å². The molecule has 0 radical (unpaired) electrons. The van der Waals surface area contributed by atoms with Gasteiger partial charge < -0.3 is 5.73 Å². The van der Waals surface area contributed by atoms with Crippen LogP contribution in [0.25, 0.3) is 11.4 Å². The maximum absolute atomic E-state index is 6.06. The third-order valence-electron chi connectivity index (χ3n) is 3.44. The largest absolute Gasteiger partial charge is 0.398 e. The lowest BCUT2D eigenvalue weighted by molar-refractivity contribution is 0.333. The van der Waals surface area contributed by atoms with E-state index in [1.807, 2.05) is 29.8 Å². The topological polar surface area (TPSA) is 69.6 Å². The molecule has 102 valence electrons. The van der Waals surface area contributed by atoms with Crippen molar-refractivity contribution >= 4 is 5.69 Å². The molecule has 0 saturated heterocycles. The lowest BCUT2D eigenvalue weighted by Crippen LogP contribution is -2.17. The van der Waals surface area contributed by atoms with E-state index in [9.17, 15) is 0 Å². The summed E-state index contributed by atoms with van der Waals surface area (Å²) in [4.78, 5) is 0. The molecule has 5 heteroatoms. The van der Waals surface area contributed by atoms with Crippen LogP contribution in [0, 0.1) is 12.8 Å². The van der Waals surface area contributed by atoms with E-state index in [-0.39, 0.29) is 6.04 Å². The summed E-state index contributed by atoms with van der Waals surface area (Å²) in [6.07, 6.45) is 0.988. The van der Waals surface area contributed by atoms with Gasteiger partial charge in [-0.3, -0.25) is 0 Å². The van der Waals surface area contributed by atoms with E-state index in [0.717, 1.165) is 23.4 Å².